The molecule has 0 aliphatic rings. The summed E-state index contributed by atoms with van der Waals surface area (Å²) in [7, 11) is 0. The number of hydrogen-bond donors (Lipinski definition) is 0. The minimum absolute atomic E-state index is 0.00797. The van der Waals surface area contributed by atoms with Gasteiger partial charge in [-0.15, -0.1) is 0 Å². The number of hydrogen-bond acceptors (Lipinski definition) is 4. The van der Waals surface area contributed by atoms with Crippen LogP contribution in [0.1, 0.15) is 6.85 Å². The third kappa shape index (κ3) is 8.74. The van der Waals surface area contributed by atoms with Crippen molar-refractivity contribution in [2.75, 3.05) is 0 Å². The average Bonchev–Trinajstić information content (AvgIpc) is 1.57. The number of fused-ring (bicyclic) bond motifs is 14. The molecular weight excluding hydrogens is 1170 g/mol. The Bertz CT molecular complexity index is 6600. The molecule has 446 valence electrons. The molecule has 0 spiro atoms. The summed E-state index contributed by atoms with van der Waals surface area (Å²) in [6.45, 7) is 9.58. The Morgan fingerprint density at radius 2 is 0.719 bits per heavy atom. The number of benzene rings is 14. The van der Waals surface area contributed by atoms with Crippen molar-refractivity contribution in [3.05, 3.63) is 333 Å². The van der Waals surface area contributed by atoms with E-state index in [1.54, 1.807) is 6.07 Å². The van der Waals surface area contributed by atoms with Crippen molar-refractivity contribution in [1.29, 1.82) is 0 Å². The lowest BCUT2D eigenvalue weighted by atomic mass is 9.94. The largest absolute Gasteiger partial charge is 0.455 e. The topological polar surface area (TPSA) is 66.3 Å². The molecule has 7 nitrogen and oxygen atoms in total. The van der Waals surface area contributed by atoms with Gasteiger partial charge in [-0.05, 0) is 135 Å². The predicted molar refractivity (Wildman–Crippen MR) is 395 cm³/mol. The van der Waals surface area contributed by atoms with Crippen LogP contribution in [0, 0.1) is 6.57 Å². The zero-order valence-corrected chi connectivity index (χ0v) is 51.3. The van der Waals surface area contributed by atoms with E-state index >= 15 is 0 Å². The van der Waals surface area contributed by atoms with Crippen LogP contribution in [0.15, 0.2) is 330 Å². The molecule has 0 bridgehead atoms. The summed E-state index contributed by atoms with van der Waals surface area (Å²) in [4.78, 5) is 15.4. The summed E-state index contributed by atoms with van der Waals surface area (Å²) in [6, 6.07) is 95.9. The minimum Gasteiger partial charge on any atom is -0.455 e. The standard InChI is InChI=1S/C89H53N5O2/c1-90-75-53-70(74-54-73(59-31-17-6-18-32-59)91-89(92-74)61-35-21-8-22-36-61)85(93-76-43-37-62(55-23-9-2-10-24-55)51-71(76)83-78(93)45-41-66-68-49-64(57-27-13-4-14-28-57)39-47-80(68)95-87(66)83)86(82(75)60-33-19-7-20-34-60)94-77-44-38-63(56-25-11-3-12-26-56)52-72(77)84-79(94)46-42-67-69-50-65(58-29-15-5-16-30-58)40-48-81(69)96-88(67)84/h2-54H/i7D,19D,20D,33D,34D. The van der Waals surface area contributed by atoms with Crippen LogP contribution in [0.3, 0.4) is 0 Å². The summed E-state index contributed by atoms with van der Waals surface area (Å²) in [5, 5.41) is 6.83. The van der Waals surface area contributed by atoms with E-state index in [2.05, 4.69) is 147 Å². The first-order valence-electron chi connectivity index (χ1n) is 34.4. The molecule has 0 aliphatic carbocycles. The average molecular weight is 1230 g/mol. The molecule has 0 N–H and O–H groups in total. The summed E-state index contributed by atoms with van der Waals surface area (Å²) in [5.41, 5.74) is 17.4. The van der Waals surface area contributed by atoms with Gasteiger partial charge in [-0.1, -0.05) is 236 Å². The zero-order chi connectivity index (χ0) is 67.7. The molecule has 0 atom stereocenters. The van der Waals surface area contributed by atoms with Crippen LogP contribution < -0.4 is 0 Å². The highest BCUT2D eigenvalue weighted by Crippen LogP contribution is 2.53. The van der Waals surface area contributed by atoms with Gasteiger partial charge >= 0.3 is 0 Å². The Hall–Kier alpha value is -13.2. The van der Waals surface area contributed by atoms with E-state index in [-0.39, 0.29) is 16.8 Å². The van der Waals surface area contributed by atoms with Crippen molar-refractivity contribution in [2.24, 2.45) is 0 Å². The van der Waals surface area contributed by atoms with Crippen molar-refractivity contribution in [1.82, 2.24) is 19.1 Å². The molecule has 0 fully saturated rings. The number of furan rings is 2. The summed E-state index contributed by atoms with van der Waals surface area (Å²) in [5.74, 6) is 0.426. The molecule has 5 aromatic heterocycles. The fourth-order valence-electron chi connectivity index (χ4n) is 14.4. The molecule has 0 unspecified atom stereocenters. The van der Waals surface area contributed by atoms with Gasteiger partial charge in [0.2, 0.25) is 0 Å². The Balaban J connectivity index is 1.04. The van der Waals surface area contributed by atoms with E-state index in [4.69, 9.17) is 20.2 Å². The van der Waals surface area contributed by atoms with Crippen LogP contribution in [0.2, 0.25) is 0 Å². The lowest BCUT2D eigenvalue weighted by molar-refractivity contribution is 0.672. The number of aromatic nitrogens is 4. The molecule has 0 amide bonds. The van der Waals surface area contributed by atoms with Crippen molar-refractivity contribution >= 4 is 93.2 Å². The van der Waals surface area contributed by atoms with Gasteiger partial charge < -0.3 is 18.0 Å². The highest BCUT2D eigenvalue weighted by Gasteiger charge is 2.32. The Labute approximate surface area is 558 Å². The maximum Gasteiger partial charge on any atom is 0.197 e. The fraction of sp³-hybridized carbons (Fsp3) is 0. The SMILES string of the molecule is [2H]c1c([2H])c([2H])c(-c2c([N+]#[C-])cc(-c3cc(-c4ccccc4)nc(-c4ccccc4)n3)c(-n3c4ccc(-c5ccccc5)cc4c4c5oc6ccc(-c7ccccc7)cc6c5ccc43)c2-n2c3ccc(-c4ccccc4)cc3c3c4oc5ccc(-c6ccccc6)cc5c4ccc32)c([2H])c1[2H]. The Morgan fingerprint density at radius 1 is 0.323 bits per heavy atom. The van der Waals surface area contributed by atoms with Crippen molar-refractivity contribution in [3.8, 4) is 101 Å². The van der Waals surface area contributed by atoms with Gasteiger partial charge in [0.25, 0.3) is 0 Å². The Morgan fingerprint density at radius 3 is 1.18 bits per heavy atom. The quantitative estimate of drug-likeness (QED) is 0.128. The lowest BCUT2D eigenvalue weighted by Gasteiger charge is -2.25. The first-order chi connectivity index (χ1) is 49.6. The van der Waals surface area contributed by atoms with Gasteiger partial charge in [0.15, 0.2) is 11.5 Å². The van der Waals surface area contributed by atoms with Crippen LogP contribution in [0.25, 0.3) is 193 Å². The van der Waals surface area contributed by atoms with Crippen LogP contribution in [0.4, 0.5) is 5.69 Å². The molecule has 7 heteroatoms. The monoisotopic (exact) mass is 1230 g/mol. The van der Waals surface area contributed by atoms with Crippen molar-refractivity contribution in [2.45, 2.75) is 0 Å². The first kappa shape index (κ1) is 49.5. The minimum atomic E-state index is -0.565. The van der Waals surface area contributed by atoms with E-state index in [0.29, 0.717) is 73.0 Å². The highest BCUT2D eigenvalue weighted by molar-refractivity contribution is 6.27. The van der Waals surface area contributed by atoms with E-state index in [1.165, 1.54) is 0 Å². The van der Waals surface area contributed by atoms with E-state index in [1.807, 2.05) is 152 Å². The third-order valence-corrected chi connectivity index (χ3v) is 18.8. The van der Waals surface area contributed by atoms with E-state index in [9.17, 15) is 12.1 Å². The highest BCUT2D eigenvalue weighted by atomic mass is 16.3. The predicted octanol–water partition coefficient (Wildman–Crippen LogP) is 24.4. The number of rotatable bonds is 10. The lowest BCUT2D eigenvalue weighted by Crippen LogP contribution is -2.09. The molecule has 0 saturated heterocycles. The maximum absolute atomic E-state index is 10.1. The summed E-state index contributed by atoms with van der Waals surface area (Å²) in [6.07, 6.45) is 0. The Kier molecular flexibility index (Phi) is 11.4. The van der Waals surface area contributed by atoms with Gasteiger partial charge in [0.05, 0.1) is 69.0 Å². The fourth-order valence-corrected chi connectivity index (χ4v) is 14.4. The molecule has 19 aromatic rings. The van der Waals surface area contributed by atoms with Gasteiger partial charge in [-0.25, -0.2) is 14.8 Å². The van der Waals surface area contributed by atoms with Crippen LogP contribution >= 0.6 is 0 Å². The molecular formula is C89H53N5O2. The molecule has 96 heavy (non-hydrogen) atoms. The van der Waals surface area contributed by atoms with Crippen LogP contribution in [-0.4, -0.2) is 19.1 Å². The van der Waals surface area contributed by atoms with Gasteiger partial charge in [0, 0.05) is 54.6 Å². The van der Waals surface area contributed by atoms with Gasteiger partial charge in [0.1, 0.15) is 22.3 Å². The molecule has 5 heterocycles. The third-order valence-electron chi connectivity index (χ3n) is 18.8. The van der Waals surface area contributed by atoms with E-state index in [0.717, 1.165) is 104 Å². The molecule has 0 radical (unpaired) electrons. The summed E-state index contributed by atoms with van der Waals surface area (Å²) < 4.78 is 67.1. The van der Waals surface area contributed by atoms with Crippen molar-refractivity contribution < 1.29 is 15.7 Å². The molecule has 19 rings (SSSR count). The second-order valence-corrected chi connectivity index (χ2v) is 24.2. The second kappa shape index (κ2) is 22.0. The first-order valence-corrected chi connectivity index (χ1v) is 31.9. The normalized spacial score (nSPS) is 12.5. The van der Waals surface area contributed by atoms with Crippen LogP contribution in [-0.2, 0) is 0 Å². The smallest absolute Gasteiger partial charge is 0.197 e. The second-order valence-electron chi connectivity index (χ2n) is 24.2. The maximum atomic E-state index is 10.1. The van der Waals surface area contributed by atoms with Crippen LogP contribution in [0.5, 0.6) is 0 Å². The molecule has 0 aliphatic heterocycles. The van der Waals surface area contributed by atoms with Gasteiger partial charge in [-0.3, -0.25) is 0 Å². The van der Waals surface area contributed by atoms with E-state index < -0.39 is 30.2 Å². The van der Waals surface area contributed by atoms with Gasteiger partial charge in [-0.2, -0.15) is 0 Å². The molecule has 14 aromatic carbocycles. The zero-order valence-electron chi connectivity index (χ0n) is 56.3. The number of nitrogens with zero attached hydrogens (tertiary/aromatic N) is 5. The molecule has 0 saturated carbocycles. The van der Waals surface area contributed by atoms with Crippen molar-refractivity contribution in [3.63, 3.8) is 0 Å². The summed E-state index contributed by atoms with van der Waals surface area (Å²) >= 11 is 0.